The Bertz CT molecular complexity index is 809. The van der Waals surface area contributed by atoms with Crippen molar-refractivity contribution in [1.29, 1.82) is 0 Å². The van der Waals surface area contributed by atoms with Crippen LogP contribution >= 0.6 is 0 Å². The van der Waals surface area contributed by atoms with Crippen molar-refractivity contribution in [3.8, 4) is 11.3 Å². The fourth-order valence-electron chi connectivity index (χ4n) is 1.74. The van der Waals surface area contributed by atoms with E-state index in [2.05, 4.69) is 9.34 Å². The number of carbonyl (C=O) groups excluding carboxylic acids is 1. The second kappa shape index (κ2) is 6.13. The molecule has 0 N–H and O–H groups in total. The summed E-state index contributed by atoms with van der Waals surface area (Å²) in [6.45, 7) is -0.517. The SMILES string of the molecule is CS(=O)(=O)OCc1noc(-c2ccc(C(F)(F)F)cc2)c1C=O. The number of aromatic nitrogens is 1. The molecule has 0 saturated carbocycles. The predicted molar refractivity (Wildman–Crippen MR) is 72.0 cm³/mol. The van der Waals surface area contributed by atoms with E-state index in [1.54, 1.807) is 0 Å². The molecule has 0 radical (unpaired) electrons. The zero-order valence-electron chi connectivity index (χ0n) is 11.6. The highest BCUT2D eigenvalue weighted by atomic mass is 32.2. The molecule has 1 aromatic heterocycles. The number of hydrogen-bond donors (Lipinski definition) is 0. The van der Waals surface area contributed by atoms with Gasteiger partial charge in [0.05, 0.1) is 17.4 Å². The Morgan fingerprint density at radius 1 is 1.26 bits per heavy atom. The summed E-state index contributed by atoms with van der Waals surface area (Å²) in [5.41, 5.74) is -0.819. The van der Waals surface area contributed by atoms with Gasteiger partial charge in [0.1, 0.15) is 12.3 Å². The molecule has 0 unspecified atom stereocenters. The van der Waals surface area contributed by atoms with Crippen molar-refractivity contribution in [3.05, 3.63) is 41.1 Å². The average molecular weight is 349 g/mol. The fourth-order valence-corrected chi connectivity index (χ4v) is 2.06. The van der Waals surface area contributed by atoms with E-state index < -0.39 is 28.5 Å². The van der Waals surface area contributed by atoms with Crippen LogP contribution in [0.15, 0.2) is 28.8 Å². The van der Waals surface area contributed by atoms with Gasteiger partial charge in [-0.2, -0.15) is 21.6 Å². The number of aldehydes is 1. The number of benzene rings is 1. The maximum absolute atomic E-state index is 12.5. The van der Waals surface area contributed by atoms with Crippen molar-refractivity contribution in [2.75, 3.05) is 6.26 Å². The summed E-state index contributed by atoms with van der Waals surface area (Å²) in [6.07, 6.45) is -3.29. The van der Waals surface area contributed by atoms with E-state index in [1.807, 2.05) is 0 Å². The highest BCUT2D eigenvalue weighted by Gasteiger charge is 2.30. The van der Waals surface area contributed by atoms with E-state index in [9.17, 15) is 26.4 Å². The zero-order valence-corrected chi connectivity index (χ0v) is 12.4. The van der Waals surface area contributed by atoms with Gasteiger partial charge in [-0.3, -0.25) is 8.98 Å². The number of nitrogens with zero attached hydrogens (tertiary/aromatic N) is 1. The zero-order chi connectivity index (χ0) is 17.3. The molecule has 0 aliphatic rings. The van der Waals surface area contributed by atoms with Crippen LogP contribution in [0.5, 0.6) is 0 Å². The maximum Gasteiger partial charge on any atom is 0.416 e. The van der Waals surface area contributed by atoms with Crippen LogP contribution in [0.2, 0.25) is 0 Å². The van der Waals surface area contributed by atoms with Gasteiger partial charge in [-0.25, -0.2) is 0 Å². The van der Waals surface area contributed by atoms with Gasteiger partial charge in [0.15, 0.2) is 12.0 Å². The molecular weight excluding hydrogens is 339 g/mol. The van der Waals surface area contributed by atoms with Crippen LogP contribution in [-0.4, -0.2) is 26.1 Å². The molecule has 10 heteroatoms. The van der Waals surface area contributed by atoms with Crippen LogP contribution in [0, 0.1) is 0 Å². The first-order chi connectivity index (χ1) is 10.6. The monoisotopic (exact) mass is 349 g/mol. The quantitative estimate of drug-likeness (QED) is 0.609. The summed E-state index contributed by atoms with van der Waals surface area (Å²) in [5, 5.41) is 3.52. The molecule has 0 fully saturated rings. The Labute approximate surface area is 129 Å². The lowest BCUT2D eigenvalue weighted by molar-refractivity contribution is -0.137. The lowest BCUT2D eigenvalue weighted by Gasteiger charge is -2.06. The van der Waals surface area contributed by atoms with Crippen LogP contribution in [-0.2, 0) is 27.1 Å². The molecule has 0 bridgehead atoms. The van der Waals surface area contributed by atoms with Crippen molar-refractivity contribution >= 4 is 16.4 Å². The average Bonchev–Trinajstić information content (AvgIpc) is 2.86. The fraction of sp³-hybridized carbons (Fsp3) is 0.231. The molecule has 23 heavy (non-hydrogen) atoms. The highest BCUT2D eigenvalue weighted by Crippen LogP contribution is 2.32. The molecule has 2 rings (SSSR count). The Morgan fingerprint density at radius 3 is 2.35 bits per heavy atom. The maximum atomic E-state index is 12.5. The van der Waals surface area contributed by atoms with E-state index in [-0.39, 0.29) is 22.6 Å². The normalized spacial score (nSPS) is 12.3. The van der Waals surface area contributed by atoms with Crippen molar-refractivity contribution < 1.29 is 35.1 Å². The smallest absolute Gasteiger partial charge is 0.355 e. The largest absolute Gasteiger partial charge is 0.416 e. The van der Waals surface area contributed by atoms with Gasteiger partial charge in [-0.15, -0.1) is 0 Å². The lowest BCUT2D eigenvalue weighted by Crippen LogP contribution is -2.04. The van der Waals surface area contributed by atoms with Gasteiger partial charge in [-0.1, -0.05) is 17.3 Å². The highest BCUT2D eigenvalue weighted by molar-refractivity contribution is 7.85. The minimum Gasteiger partial charge on any atom is -0.355 e. The molecule has 2 aromatic rings. The Kier molecular flexibility index (Phi) is 4.57. The number of alkyl halides is 3. The standard InChI is InChI=1S/C13H10F3NO5S/c1-23(19,20)21-7-11-10(6-18)12(22-17-11)8-2-4-9(5-3-8)13(14,15)16/h2-6H,7H2,1H3. The van der Waals surface area contributed by atoms with Gasteiger partial charge in [0.25, 0.3) is 10.1 Å². The number of hydrogen-bond acceptors (Lipinski definition) is 6. The summed E-state index contributed by atoms with van der Waals surface area (Å²) in [7, 11) is -3.75. The summed E-state index contributed by atoms with van der Waals surface area (Å²) in [6, 6.07) is 3.91. The number of halogens is 3. The van der Waals surface area contributed by atoms with Gasteiger partial charge in [0.2, 0.25) is 0 Å². The first-order valence-electron chi connectivity index (χ1n) is 6.07. The summed E-state index contributed by atoms with van der Waals surface area (Å²) in [5.74, 6) is -0.0687. The minimum absolute atomic E-state index is 0.0687. The van der Waals surface area contributed by atoms with Crippen LogP contribution in [0.1, 0.15) is 21.6 Å². The summed E-state index contributed by atoms with van der Waals surface area (Å²) >= 11 is 0. The Morgan fingerprint density at radius 2 is 1.87 bits per heavy atom. The Balaban J connectivity index is 2.33. The van der Waals surface area contributed by atoms with Gasteiger partial charge >= 0.3 is 6.18 Å². The van der Waals surface area contributed by atoms with Crippen molar-refractivity contribution in [2.24, 2.45) is 0 Å². The molecule has 0 atom stereocenters. The van der Waals surface area contributed by atoms with E-state index in [0.717, 1.165) is 30.5 Å². The minimum atomic E-state index is -4.48. The molecule has 1 aromatic carbocycles. The van der Waals surface area contributed by atoms with E-state index in [0.29, 0.717) is 6.29 Å². The lowest BCUT2D eigenvalue weighted by atomic mass is 10.1. The number of rotatable bonds is 5. The third-order valence-corrected chi connectivity index (χ3v) is 3.35. The third kappa shape index (κ3) is 4.17. The molecule has 1 heterocycles. The second-order valence-corrected chi connectivity index (χ2v) is 6.18. The van der Waals surface area contributed by atoms with Crippen molar-refractivity contribution in [3.63, 3.8) is 0 Å². The molecule has 6 nitrogen and oxygen atoms in total. The van der Waals surface area contributed by atoms with E-state index in [1.165, 1.54) is 0 Å². The molecule has 0 aliphatic heterocycles. The van der Waals surface area contributed by atoms with Crippen molar-refractivity contribution in [2.45, 2.75) is 12.8 Å². The molecule has 124 valence electrons. The van der Waals surface area contributed by atoms with Gasteiger partial charge in [0, 0.05) is 5.56 Å². The topological polar surface area (TPSA) is 86.5 Å². The third-order valence-electron chi connectivity index (χ3n) is 2.80. The summed E-state index contributed by atoms with van der Waals surface area (Å²) in [4.78, 5) is 11.1. The summed E-state index contributed by atoms with van der Waals surface area (Å²) < 4.78 is 68.9. The van der Waals surface area contributed by atoms with E-state index in [4.69, 9.17) is 4.52 Å². The van der Waals surface area contributed by atoms with Gasteiger partial charge < -0.3 is 4.52 Å². The van der Waals surface area contributed by atoms with Crippen LogP contribution in [0.3, 0.4) is 0 Å². The predicted octanol–water partition coefficient (Wildman–Crippen LogP) is 2.65. The number of carbonyl (C=O) groups is 1. The van der Waals surface area contributed by atoms with Crippen LogP contribution in [0.4, 0.5) is 13.2 Å². The molecular formula is C13H10F3NO5S. The van der Waals surface area contributed by atoms with Crippen molar-refractivity contribution in [1.82, 2.24) is 5.16 Å². The van der Waals surface area contributed by atoms with Gasteiger partial charge in [-0.05, 0) is 12.1 Å². The van der Waals surface area contributed by atoms with Crippen LogP contribution in [0.25, 0.3) is 11.3 Å². The Hall–Kier alpha value is -2.20. The first-order valence-corrected chi connectivity index (χ1v) is 7.89. The van der Waals surface area contributed by atoms with Crippen LogP contribution < -0.4 is 0 Å². The first kappa shape index (κ1) is 17.2. The molecule has 0 spiro atoms. The second-order valence-electron chi connectivity index (χ2n) is 4.53. The molecule has 0 amide bonds. The molecule has 0 saturated heterocycles. The molecule has 0 aliphatic carbocycles. The van der Waals surface area contributed by atoms with E-state index >= 15 is 0 Å².